The Labute approximate surface area is 471 Å². The number of nitrogens with one attached hydrogen (secondary N) is 1. The number of hydrogen-bond acceptors (Lipinski definition) is 12. The molecule has 0 radical (unpaired) electrons. The molecule has 10 atom stereocenters. The van der Waals surface area contributed by atoms with Crippen LogP contribution >= 0.6 is 0 Å². The minimum atomic E-state index is -1.05. The summed E-state index contributed by atoms with van der Waals surface area (Å²) in [6.45, 7) is 4.78. The first-order chi connectivity index (χ1) is 39.5. The highest BCUT2D eigenvalue weighted by Crippen LogP contribution is 2.37. The zero-order valence-corrected chi connectivity index (χ0v) is 45.6. The predicted molar refractivity (Wildman–Crippen MR) is 303 cm³/mol. The van der Waals surface area contributed by atoms with Crippen LogP contribution < -0.4 is 5.32 Å². The predicted octanol–water partition coefficient (Wildman–Crippen LogP) is 12.1. The SMILES string of the molecule is CC1O[C@@H](OC2[C@H](OCCCCCNC(=O)OCc3ccccc3)OC(COCc3ccccc3)[C@H](OCc3ccccc3)[C@H]2OCc2ccccc2)C(OCc2ccccc2)[C@@H](OCc2ccccc2)[C@H]1OCc1ccccc1. The van der Waals surface area contributed by atoms with Gasteiger partial charge in [-0.1, -0.05) is 212 Å². The van der Waals surface area contributed by atoms with Crippen molar-refractivity contribution in [3.8, 4) is 0 Å². The van der Waals surface area contributed by atoms with E-state index in [-0.39, 0.29) is 39.6 Å². The normalized spacial score (nSPS) is 22.8. The second kappa shape index (κ2) is 32.0. The zero-order chi connectivity index (χ0) is 54.8. The number of hydrogen-bond donors (Lipinski definition) is 1. The summed E-state index contributed by atoms with van der Waals surface area (Å²) in [6, 6.07) is 69.9. The highest BCUT2D eigenvalue weighted by atomic mass is 16.8. The first kappa shape index (κ1) is 58.1. The number of alkyl carbamates (subject to hydrolysis) is 1. The third-order valence-electron chi connectivity index (χ3n) is 14.0. The molecule has 2 heterocycles. The molecule has 1 N–H and O–H groups in total. The van der Waals surface area contributed by atoms with Crippen LogP contribution in [0.15, 0.2) is 212 Å². The molecule has 13 nitrogen and oxygen atoms in total. The van der Waals surface area contributed by atoms with Crippen molar-refractivity contribution in [2.45, 2.75) is 134 Å². The topological polar surface area (TPSA) is 131 Å². The smallest absolute Gasteiger partial charge is 0.407 e. The van der Waals surface area contributed by atoms with Gasteiger partial charge in [-0.05, 0) is 65.1 Å². The first-order valence-electron chi connectivity index (χ1n) is 27.9. The molecule has 2 fully saturated rings. The molecule has 7 aromatic carbocycles. The summed E-state index contributed by atoms with van der Waals surface area (Å²) in [5, 5.41) is 2.88. The van der Waals surface area contributed by atoms with Crippen molar-refractivity contribution in [2.24, 2.45) is 0 Å². The van der Waals surface area contributed by atoms with Crippen LogP contribution in [-0.4, -0.2) is 87.3 Å². The lowest BCUT2D eigenvalue weighted by molar-refractivity contribution is -0.380. The Balaban J connectivity index is 1.02. The van der Waals surface area contributed by atoms with E-state index >= 15 is 0 Å². The Kier molecular flexibility index (Phi) is 23.2. The van der Waals surface area contributed by atoms with Gasteiger partial charge in [-0.15, -0.1) is 0 Å². The van der Waals surface area contributed by atoms with Gasteiger partial charge in [0.05, 0.1) is 52.4 Å². The second-order valence-corrected chi connectivity index (χ2v) is 20.1. The molecule has 7 aromatic rings. The maximum Gasteiger partial charge on any atom is 0.407 e. The highest BCUT2D eigenvalue weighted by Gasteiger charge is 2.54. The molecule has 2 aliphatic heterocycles. The van der Waals surface area contributed by atoms with E-state index in [0.29, 0.717) is 39.2 Å². The van der Waals surface area contributed by atoms with E-state index in [1.165, 1.54) is 0 Å². The van der Waals surface area contributed by atoms with Gasteiger partial charge in [0.25, 0.3) is 0 Å². The van der Waals surface area contributed by atoms with Crippen molar-refractivity contribution in [1.82, 2.24) is 5.32 Å². The van der Waals surface area contributed by atoms with Crippen LogP contribution in [0.5, 0.6) is 0 Å². The van der Waals surface area contributed by atoms with E-state index in [0.717, 1.165) is 45.4 Å². The lowest BCUT2D eigenvalue weighted by Gasteiger charge is -2.50. The molecule has 0 saturated carbocycles. The molecule has 0 bridgehead atoms. The summed E-state index contributed by atoms with van der Waals surface area (Å²) < 4.78 is 75.4. The number of carbonyl (C=O) groups is 1. The van der Waals surface area contributed by atoms with Crippen molar-refractivity contribution in [3.05, 3.63) is 251 Å². The summed E-state index contributed by atoms with van der Waals surface area (Å²) in [5.41, 5.74) is 6.86. The summed E-state index contributed by atoms with van der Waals surface area (Å²) in [7, 11) is 0. The van der Waals surface area contributed by atoms with Crippen LogP contribution in [0.1, 0.15) is 65.1 Å². The lowest BCUT2D eigenvalue weighted by Crippen LogP contribution is -2.65. The number of rotatable bonds is 30. The third-order valence-corrected chi connectivity index (χ3v) is 14.0. The van der Waals surface area contributed by atoms with Gasteiger partial charge in [-0.3, -0.25) is 0 Å². The van der Waals surface area contributed by atoms with Gasteiger partial charge in [-0.25, -0.2) is 4.79 Å². The molecule has 80 heavy (non-hydrogen) atoms. The van der Waals surface area contributed by atoms with E-state index in [2.05, 4.69) is 5.32 Å². The van der Waals surface area contributed by atoms with Gasteiger partial charge in [0.2, 0.25) is 0 Å². The first-order valence-corrected chi connectivity index (χ1v) is 27.9. The number of benzene rings is 7. The van der Waals surface area contributed by atoms with Crippen molar-refractivity contribution in [3.63, 3.8) is 0 Å². The fourth-order valence-corrected chi connectivity index (χ4v) is 9.78. The van der Waals surface area contributed by atoms with Gasteiger partial charge in [-0.2, -0.15) is 0 Å². The Bertz CT molecular complexity index is 2770. The van der Waals surface area contributed by atoms with E-state index in [4.69, 9.17) is 52.1 Å². The average molecular weight is 1090 g/mol. The highest BCUT2D eigenvalue weighted by molar-refractivity contribution is 5.67. The Morgan fingerprint density at radius 2 is 0.775 bits per heavy atom. The van der Waals surface area contributed by atoms with Gasteiger partial charge in [0, 0.05) is 13.2 Å². The fraction of sp³-hybridized carbons (Fsp3) is 0.358. The zero-order valence-electron chi connectivity index (χ0n) is 45.6. The Hall–Kier alpha value is -6.59. The molecule has 4 unspecified atom stereocenters. The van der Waals surface area contributed by atoms with Crippen LogP contribution in [0.25, 0.3) is 0 Å². The monoisotopic (exact) mass is 1090 g/mol. The van der Waals surface area contributed by atoms with E-state index < -0.39 is 67.5 Å². The quantitative estimate of drug-likeness (QED) is 0.0430. The molecular weight excluding hydrogens is 1010 g/mol. The van der Waals surface area contributed by atoms with Crippen LogP contribution in [0.2, 0.25) is 0 Å². The van der Waals surface area contributed by atoms with E-state index in [9.17, 15) is 4.79 Å². The van der Waals surface area contributed by atoms with Gasteiger partial charge in [0.15, 0.2) is 12.6 Å². The molecule has 0 aliphatic carbocycles. The number of unbranched alkanes of at least 4 members (excludes halogenated alkanes) is 2. The maximum atomic E-state index is 12.6. The molecule has 0 aromatic heterocycles. The standard InChI is InChI=1S/C67H75NO12/c1-50-59(72-43-52-28-12-3-13-29-52)61(74-45-54-32-16-5-17-33-54)63(76-47-56-36-20-7-21-37-56)66(78-50)80-64-62(75-46-55-34-18-6-19-35-55)60(73-44-53-30-14-4-15-31-53)58(49-70-42-51-26-10-2-11-27-51)79-65(64)71-41-25-9-24-40-68-67(69)77-48-57-38-22-8-23-39-57/h2-8,10-23,26-39,50,58-66H,9,24-25,40-49H2,1H3,(H,68,69)/t50?,58?,59-,60-,61-,62+,63?,64?,65+,66-/m0/s1. The van der Waals surface area contributed by atoms with Crippen molar-refractivity contribution in [1.29, 1.82) is 0 Å². The largest absolute Gasteiger partial charge is 0.445 e. The van der Waals surface area contributed by atoms with Crippen molar-refractivity contribution >= 4 is 6.09 Å². The van der Waals surface area contributed by atoms with Crippen LogP contribution in [-0.2, 0) is 98.4 Å². The number of carbonyl (C=O) groups excluding carboxylic acids is 1. The molecular formula is C67H75NO12. The summed E-state index contributed by atoms with van der Waals surface area (Å²) >= 11 is 0. The molecule has 9 rings (SSSR count). The van der Waals surface area contributed by atoms with Crippen LogP contribution in [0.3, 0.4) is 0 Å². The van der Waals surface area contributed by atoms with Crippen LogP contribution in [0.4, 0.5) is 4.79 Å². The molecule has 0 spiro atoms. The minimum absolute atomic E-state index is 0.160. The molecule has 420 valence electrons. The fourth-order valence-electron chi connectivity index (χ4n) is 9.78. The number of ether oxygens (including phenoxy) is 11. The average Bonchev–Trinajstić information content (AvgIpc) is 3.52. The molecule has 1 amide bonds. The van der Waals surface area contributed by atoms with E-state index in [1.54, 1.807) is 0 Å². The van der Waals surface area contributed by atoms with E-state index in [1.807, 2.05) is 219 Å². The third kappa shape index (κ3) is 18.2. The molecule has 2 saturated heterocycles. The van der Waals surface area contributed by atoms with Crippen molar-refractivity contribution < 1.29 is 56.9 Å². The second-order valence-electron chi connectivity index (χ2n) is 20.1. The van der Waals surface area contributed by atoms with Gasteiger partial charge in [0.1, 0.15) is 49.3 Å². The Morgan fingerprint density at radius 3 is 1.24 bits per heavy atom. The van der Waals surface area contributed by atoms with Gasteiger partial charge >= 0.3 is 6.09 Å². The lowest BCUT2D eigenvalue weighted by atomic mass is 9.96. The van der Waals surface area contributed by atoms with Crippen molar-refractivity contribution in [2.75, 3.05) is 19.8 Å². The summed E-state index contributed by atoms with van der Waals surface area (Å²) in [5.74, 6) is 0. The summed E-state index contributed by atoms with van der Waals surface area (Å²) in [6.07, 6.45) is -6.22. The van der Waals surface area contributed by atoms with Gasteiger partial charge < -0.3 is 57.4 Å². The number of amides is 1. The maximum absolute atomic E-state index is 12.6. The molecule has 13 heteroatoms. The summed E-state index contributed by atoms with van der Waals surface area (Å²) in [4.78, 5) is 12.6. The van der Waals surface area contributed by atoms with Crippen LogP contribution in [0, 0.1) is 0 Å². The Morgan fingerprint density at radius 1 is 0.388 bits per heavy atom. The minimum Gasteiger partial charge on any atom is -0.445 e. The molecule has 2 aliphatic rings.